The number of nitrogen functional groups attached to an aromatic ring is 1. The minimum Gasteiger partial charge on any atom is -0.366 e. The smallest absolute Gasteiger partial charge is 0.293 e. The van der Waals surface area contributed by atoms with E-state index in [1.54, 1.807) is 6.07 Å². The summed E-state index contributed by atoms with van der Waals surface area (Å²) >= 11 is 0. The second-order valence-corrected chi connectivity index (χ2v) is 5.62. The van der Waals surface area contributed by atoms with Crippen molar-refractivity contribution in [3.05, 3.63) is 30.1 Å². The third-order valence-corrected chi connectivity index (χ3v) is 3.80. The van der Waals surface area contributed by atoms with Crippen LogP contribution in [0.1, 0.15) is 10.6 Å². The van der Waals surface area contributed by atoms with Crippen LogP contribution in [0.3, 0.4) is 0 Å². The van der Waals surface area contributed by atoms with E-state index in [2.05, 4.69) is 25.2 Å². The van der Waals surface area contributed by atoms with E-state index in [4.69, 9.17) is 5.73 Å². The van der Waals surface area contributed by atoms with Gasteiger partial charge in [-0.05, 0) is 25.2 Å². The highest BCUT2D eigenvalue weighted by Gasteiger charge is 2.14. The lowest BCUT2D eigenvalue weighted by atomic mass is 10.3. The van der Waals surface area contributed by atoms with Gasteiger partial charge < -0.3 is 11.1 Å². The number of carbonyl (C=O) groups excluding carboxylic acids is 1. The van der Waals surface area contributed by atoms with Gasteiger partial charge in [0.25, 0.3) is 5.91 Å². The molecular weight excluding hydrogens is 284 g/mol. The Bertz CT molecular complexity index is 739. The SMILES string of the molecule is CNS(=O)(=O)c1cccc(NC(=O)c2nc(N)n[nH]2)c1. The minimum absolute atomic E-state index is 0.0369. The molecule has 106 valence electrons. The molecule has 0 aliphatic carbocycles. The summed E-state index contributed by atoms with van der Waals surface area (Å²) in [6.45, 7) is 0. The number of amides is 1. The summed E-state index contributed by atoms with van der Waals surface area (Å²) in [6, 6.07) is 5.79. The maximum absolute atomic E-state index is 11.8. The Kier molecular flexibility index (Phi) is 3.68. The average Bonchev–Trinajstić information content (AvgIpc) is 2.86. The quantitative estimate of drug-likeness (QED) is 0.601. The lowest BCUT2D eigenvalue weighted by Gasteiger charge is -2.06. The fourth-order valence-electron chi connectivity index (χ4n) is 1.43. The van der Waals surface area contributed by atoms with Gasteiger partial charge in [0.1, 0.15) is 0 Å². The number of hydrogen-bond donors (Lipinski definition) is 4. The summed E-state index contributed by atoms with van der Waals surface area (Å²) in [5.74, 6) is -0.695. The summed E-state index contributed by atoms with van der Waals surface area (Å²) in [4.78, 5) is 15.5. The Morgan fingerprint density at radius 1 is 1.40 bits per heavy atom. The van der Waals surface area contributed by atoms with Gasteiger partial charge in [0, 0.05) is 5.69 Å². The third kappa shape index (κ3) is 2.92. The number of aromatic nitrogens is 3. The van der Waals surface area contributed by atoms with Crippen LogP contribution in [0, 0.1) is 0 Å². The molecule has 0 spiro atoms. The second kappa shape index (κ2) is 5.27. The van der Waals surface area contributed by atoms with Crippen molar-refractivity contribution in [2.24, 2.45) is 0 Å². The predicted octanol–water partition coefficient (Wildman–Crippen LogP) is -0.453. The molecule has 2 aromatic rings. The van der Waals surface area contributed by atoms with Crippen LogP contribution < -0.4 is 15.8 Å². The number of sulfonamides is 1. The molecule has 0 aliphatic heterocycles. The molecule has 0 unspecified atom stereocenters. The molecule has 0 saturated carbocycles. The molecule has 0 bridgehead atoms. The number of benzene rings is 1. The van der Waals surface area contributed by atoms with E-state index in [1.165, 1.54) is 25.2 Å². The standard InChI is InChI=1S/C10H12N6O3S/c1-12-20(18,19)7-4-2-3-6(5-7)13-9(17)8-14-10(11)16-15-8/h2-5,12H,1H3,(H,13,17)(H3,11,14,15,16). The average molecular weight is 296 g/mol. The highest BCUT2D eigenvalue weighted by atomic mass is 32.2. The van der Waals surface area contributed by atoms with Crippen LogP contribution in [0.5, 0.6) is 0 Å². The summed E-state index contributed by atoms with van der Waals surface area (Å²) in [5, 5.41) is 8.36. The summed E-state index contributed by atoms with van der Waals surface area (Å²) in [5.41, 5.74) is 5.59. The maximum atomic E-state index is 11.8. The van der Waals surface area contributed by atoms with E-state index in [1.807, 2.05) is 0 Å². The normalized spacial score (nSPS) is 11.2. The highest BCUT2D eigenvalue weighted by Crippen LogP contribution is 2.15. The Labute approximate surface area is 114 Å². The zero-order valence-corrected chi connectivity index (χ0v) is 11.2. The van der Waals surface area contributed by atoms with E-state index < -0.39 is 15.9 Å². The molecule has 0 radical (unpaired) electrons. The Morgan fingerprint density at radius 3 is 2.75 bits per heavy atom. The van der Waals surface area contributed by atoms with E-state index in [0.29, 0.717) is 5.69 Å². The zero-order valence-electron chi connectivity index (χ0n) is 10.4. The van der Waals surface area contributed by atoms with Crippen molar-refractivity contribution in [1.29, 1.82) is 0 Å². The van der Waals surface area contributed by atoms with Gasteiger partial charge >= 0.3 is 0 Å². The van der Waals surface area contributed by atoms with Crippen LogP contribution >= 0.6 is 0 Å². The molecule has 1 heterocycles. The monoisotopic (exact) mass is 296 g/mol. The first-order valence-electron chi connectivity index (χ1n) is 5.45. The molecule has 0 saturated heterocycles. The highest BCUT2D eigenvalue weighted by molar-refractivity contribution is 7.89. The largest absolute Gasteiger partial charge is 0.366 e. The van der Waals surface area contributed by atoms with E-state index in [-0.39, 0.29) is 16.7 Å². The van der Waals surface area contributed by atoms with Crippen LogP contribution in [0.25, 0.3) is 0 Å². The van der Waals surface area contributed by atoms with Crippen LogP contribution in [0.15, 0.2) is 29.2 Å². The van der Waals surface area contributed by atoms with Crippen molar-refractivity contribution in [3.8, 4) is 0 Å². The molecule has 0 aliphatic rings. The zero-order chi connectivity index (χ0) is 14.8. The Hall–Kier alpha value is -2.46. The number of nitrogens with two attached hydrogens (primary N) is 1. The second-order valence-electron chi connectivity index (χ2n) is 3.73. The van der Waals surface area contributed by atoms with E-state index in [9.17, 15) is 13.2 Å². The molecular formula is C10H12N6O3S. The maximum Gasteiger partial charge on any atom is 0.293 e. The molecule has 5 N–H and O–H groups in total. The Morgan fingerprint density at radius 2 is 2.15 bits per heavy atom. The van der Waals surface area contributed by atoms with Crippen molar-refractivity contribution in [1.82, 2.24) is 19.9 Å². The number of nitrogens with one attached hydrogen (secondary N) is 3. The predicted molar refractivity (Wildman–Crippen MR) is 71.4 cm³/mol. The van der Waals surface area contributed by atoms with Gasteiger partial charge in [-0.25, -0.2) is 13.1 Å². The summed E-state index contributed by atoms with van der Waals surface area (Å²) in [7, 11) is -2.27. The first kappa shape index (κ1) is 14.0. The molecule has 0 atom stereocenters. The first-order chi connectivity index (χ1) is 9.42. The van der Waals surface area contributed by atoms with Crippen molar-refractivity contribution in [2.45, 2.75) is 4.90 Å². The van der Waals surface area contributed by atoms with Crippen molar-refractivity contribution in [3.63, 3.8) is 0 Å². The fourth-order valence-corrected chi connectivity index (χ4v) is 2.20. The summed E-state index contributed by atoms with van der Waals surface area (Å²) in [6.07, 6.45) is 0. The van der Waals surface area contributed by atoms with E-state index >= 15 is 0 Å². The number of hydrogen-bond acceptors (Lipinski definition) is 6. The lowest BCUT2D eigenvalue weighted by Crippen LogP contribution is -2.19. The van der Waals surface area contributed by atoms with Crippen LogP contribution in [-0.4, -0.2) is 36.6 Å². The molecule has 1 aromatic carbocycles. The minimum atomic E-state index is -3.57. The Balaban J connectivity index is 2.23. The van der Waals surface area contributed by atoms with E-state index in [0.717, 1.165) is 0 Å². The first-order valence-corrected chi connectivity index (χ1v) is 6.93. The number of anilines is 2. The lowest BCUT2D eigenvalue weighted by molar-refractivity contribution is 0.101. The molecule has 1 amide bonds. The topological polar surface area (TPSA) is 143 Å². The van der Waals surface area contributed by atoms with Gasteiger partial charge in [0.2, 0.25) is 21.8 Å². The van der Waals surface area contributed by atoms with Gasteiger partial charge in [0.05, 0.1) is 4.90 Å². The molecule has 2 rings (SSSR count). The van der Waals surface area contributed by atoms with Crippen LogP contribution in [0.2, 0.25) is 0 Å². The van der Waals surface area contributed by atoms with Crippen LogP contribution in [-0.2, 0) is 10.0 Å². The molecule has 10 heteroatoms. The molecule has 9 nitrogen and oxygen atoms in total. The van der Waals surface area contributed by atoms with Gasteiger partial charge in [-0.1, -0.05) is 6.07 Å². The number of carbonyl (C=O) groups is 1. The van der Waals surface area contributed by atoms with Crippen LogP contribution in [0.4, 0.5) is 11.6 Å². The van der Waals surface area contributed by atoms with Crippen molar-refractivity contribution in [2.75, 3.05) is 18.1 Å². The molecule has 1 aromatic heterocycles. The number of nitrogens with zero attached hydrogens (tertiary/aromatic N) is 2. The van der Waals surface area contributed by atoms with Crippen molar-refractivity contribution >= 4 is 27.6 Å². The number of aromatic amines is 1. The molecule has 20 heavy (non-hydrogen) atoms. The number of H-pyrrole nitrogens is 1. The third-order valence-electron chi connectivity index (χ3n) is 2.39. The van der Waals surface area contributed by atoms with Gasteiger partial charge in [-0.2, -0.15) is 4.98 Å². The summed E-state index contributed by atoms with van der Waals surface area (Å²) < 4.78 is 25.5. The van der Waals surface area contributed by atoms with Crippen molar-refractivity contribution < 1.29 is 13.2 Å². The number of rotatable bonds is 4. The van der Waals surface area contributed by atoms with Gasteiger partial charge in [-0.15, -0.1) is 5.10 Å². The van der Waals surface area contributed by atoms with Gasteiger partial charge in [0.15, 0.2) is 0 Å². The fraction of sp³-hybridized carbons (Fsp3) is 0.100. The molecule has 0 fully saturated rings. The van der Waals surface area contributed by atoms with Gasteiger partial charge in [-0.3, -0.25) is 9.89 Å².